The Labute approximate surface area is 88.6 Å². The number of aryl methyl sites for hydroxylation is 1. The maximum absolute atomic E-state index is 10.9. The van der Waals surface area contributed by atoms with E-state index in [4.69, 9.17) is 5.11 Å². The molecular formula is C11H14N2O2. The molecule has 1 N–H and O–H groups in total. The van der Waals surface area contributed by atoms with Crippen molar-refractivity contribution >= 4 is 11.8 Å². The Morgan fingerprint density at radius 3 is 2.73 bits per heavy atom. The van der Waals surface area contributed by atoms with E-state index in [1.54, 1.807) is 12.1 Å². The highest BCUT2D eigenvalue weighted by Crippen LogP contribution is 2.20. The molecule has 0 atom stereocenters. The number of aromatic nitrogens is 1. The van der Waals surface area contributed by atoms with Crippen LogP contribution in [0.3, 0.4) is 0 Å². The number of carboxylic acid groups (broad SMARTS) is 1. The van der Waals surface area contributed by atoms with E-state index in [1.165, 1.54) is 6.42 Å². The molecule has 0 radical (unpaired) electrons. The van der Waals surface area contributed by atoms with Crippen LogP contribution in [0.1, 0.15) is 29.4 Å². The van der Waals surface area contributed by atoms with Gasteiger partial charge in [-0.15, -0.1) is 0 Å². The lowest BCUT2D eigenvalue weighted by Gasteiger charge is -2.32. The first-order valence-corrected chi connectivity index (χ1v) is 5.20. The van der Waals surface area contributed by atoms with Gasteiger partial charge >= 0.3 is 5.97 Å². The summed E-state index contributed by atoms with van der Waals surface area (Å²) in [5.74, 6) is -0.0770. The van der Waals surface area contributed by atoms with E-state index < -0.39 is 5.97 Å². The van der Waals surface area contributed by atoms with E-state index in [0.717, 1.165) is 31.0 Å². The monoisotopic (exact) mass is 206 g/mol. The molecule has 2 heterocycles. The third-order valence-corrected chi connectivity index (χ3v) is 2.65. The molecule has 1 aliphatic heterocycles. The zero-order valence-corrected chi connectivity index (χ0v) is 8.73. The lowest BCUT2D eigenvalue weighted by atomic mass is 10.1. The average Bonchev–Trinajstić information content (AvgIpc) is 2.14. The van der Waals surface area contributed by atoms with Gasteiger partial charge < -0.3 is 10.0 Å². The fourth-order valence-corrected chi connectivity index (χ4v) is 1.58. The summed E-state index contributed by atoms with van der Waals surface area (Å²) in [6, 6.07) is 3.30. The maximum atomic E-state index is 10.9. The molecule has 1 fully saturated rings. The number of anilines is 1. The van der Waals surface area contributed by atoms with Gasteiger partial charge in [-0.05, 0) is 25.0 Å². The molecule has 0 amide bonds. The molecule has 4 nitrogen and oxygen atoms in total. The summed E-state index contributed by atoms with van der Waals surface area (Å²) in [4.78, 5) is 17.4. The summed E-state index contributed by atoms with van der Waals surface area (Å²) in [6.07, 6.45) is 1.93. The smallest absolute Gasteiger partial charge is 0.335 e. The number of carboxylic acids is 1. The topological polar surface area (TPSA) is 53.4 Å². The van der Waals surface area contributed by atoms with E-state index in [1.807, 2.05) is 6.92 Å². The van der Waals surface area contributed by atoms with Crippen molar-refractivity contribution in [2.24, 2.45) is 0 Å². The highest BCUT2D eigenvalue weighted by molar-refractivity contribution is 5.88. The summed E-state index contributed by atoms with van der Waals surface area (Å²) >= 11 is 0. The van der Waals surface area contributed by atoms with Crippen LogP contribution in [0, 0.1) is 0 Å². The maximum Gasteiger partial charge on any atom is 0.335 e. The van der Waals surface area contributed by atoms with E-state index in [-0.39, 0.29) is 0 Å². The zero-order valence-electron chi connectivity index (χ0n) is 8.73. The van der Waals surface area contributed by atoms with Gasteiger partial charge in [0.1, 0.15) is 5.82 Å². The lowest BCUT2D eigenvalue weighted by molar-refractivity contribution is 0.0696. The minimum Gasteiger partial charge on any atom is -0.478 e. The molecule has 1 aromatic rings. The average molecular weight is 206 g/mol. The number of rotatable bonds is 3. The lowest BCUT2D eigenvalue weighted by Crippen LogP contribution is -2.37. The molecule has 2 rings (SSSR count). The predicted octanol–water partition coefficient (Wildman–Crippen LogP) is 1.55. The van der Waals surface area contributed by atoms with E-state index >= 15 is 0 Å². The van der Waals surface area contributed by atoms with Crippen LogP contribution in [-0.4, -0.2) is 29.1 Å². The molecule has 0 aromatic carbocycles. The van der Waals surface area contributed by atoms with Crippen LogP contribution < -0.4 is 4.90 Å². The summed E-state index contributed by atoms with van der Waals surface area (Å²) in [5, 5.41) is 8.96. The molecule has 0 aliphatic carbocycles. The Kier molecular flexibility index (Phi) is 2.58. The normalized spacial score (nSPS) is 14.9. The van der Waals surface area contributed by atoms with Crippen molar-refractivity contribution in [2.75, 3.05) is 18.0 Å². The van der Waals surface area contributed by atoms with Gasteiger partial charge in [0.2, 0.25) is 0 Å². The van der Waals surface area contributed by atoms with Crippen LogP contribution in [0.2, 0.25) is 0 Å². The van der Waals surface area contributed by atoms with Crippen molar-refractivity contribution in [2.45, 2.75) is 19.8 Å². The standard InChI is InChI=1S/C11H14N2O2/c1-2-9-6-8(11(14)15)7-10(12-9)13-4-3-5-13/h6-7H,2-5H2,1H3,(H,14,15). The van der Waals surface area contributed by atoms with Crippen LogP contribution >= 0.6 is 0 Å². The molecule has 80 valence electrons. The molecular weight excluding hydrogens is 192 g/mol. The van der Waals surface area contributed by atoms with E-state index in [0.29, 0.717) is 5.56 Å². The Balaban J connectivity index is 2.36. The second-order valence-electron chi connectivity index (χ2n) is 3.70. The molecule has 1 aliphatic rings. The number of hydrogen-bond donors (Lipinski definition) is 1. The van der Waals surface area contributed by atoms with Crippen molar-refractivity contribution in [3.05, 3.63) is 23.4 Å². The summed E-state index contributed by atoms with van der Waals surface area (Å²) < 4.78 is 0. The molecule has 0 saturated carbocycles. The summed E-state index contributed by atoms with van der Waals surface area (Å²) in [7, 11) is 0. The van der Waals surface area contributed by atoms with Gasteiger partial charge in [-0.2, -0.15) is 0 Å². The quantitative estimate of drug-likeness (QED) is 0.815. The molecule has 1 aromatic heterocycles. The Hall–Kier alpha value is -1.58. The van der Waals surface area contributed by atoms with Crippen molar-refractivity contribution in [1.29, 1.82) is 0 Å². The van der Waals surface area contributed by atoms with Gasteiger partial charge in [0.05, 0.1) is 5.56 Å². The largest absolute Gasteiger partial charge is 0.478 e. The second kappa shape index (κ2) is 3.88. The van der Waals surface area contributed by atoms with Gasteiger partial charge in [-0.3, -0.25) is 0 Å². The third kappa shape index (κ3) is 1.93. The predicted molar refractivity (Wildman–Crippen MR) is 57.4 cm³/mol. The van der Waals surface area contributed by atoms with Crippen LogP contribution in [0.4, 0.5) is 5.82 Å². The number of nitrogens with zero attached hydrogens (tertiary/aromatic N) is 2. The summed E-state index contributed by atoms with van der Waals surface area (Å²) in [5.41, 5.74) is 1.18. The molecule has 0 unspecified atom stereocenters. The Morgan fingerprint density at radius 2 is 2.27 bits per heavy atom. The van der Waals surface area contributed by atoms with Crippen LogP contribution in [0.25, 0.3) is 0 Å². The van der Waals surface area contributed by atoms with Crippen LogP contribution in [-0.2, 0) is 6.42 Å². The van der Waals surface area contributed by atoms with Crippen molar-refractivity contribution < 1.29 is 9.90 Å². The Morgan fingerprint density at radius 1 is 1.53 bits per heavy atom. The van der Waals surface area contributed by atoms with Crippen molar-refractivity contribution in [3.8, 4) is 0 Å². The molecule has 1 saturated heterocycles. The first-order chi connectivity index (χ1) is 7.20. The second-order valence-corrected chi connectivity index (χ2v) is 3.70. The van der Waals surface area contributed by atoms with Crippen molar-refractivity contribution in [1.82, 2.24) is 4.98 Å². The van der Waals surface area contributed by atoms with Gasteiger partial charge in [0.15, 0.2) is 0 Å². The fourth-order valence-electron chi connectivity index (χ4n) is 1.58. The molecule has 15 heavy (non-hydrogen) atoms. The number of hydrogen-bond acceptors (Lipinski definition) is 3. The molecule has 4 heteroatoms. The minimum atomic E-state index is -0.881. The first-order valence-electron chi connectivity index (χ1n) is 5.20. The first kappa shape index (κ1) is 9.96. The Bertz CT molecular complexity index is 386. The van der Waals surface area contributed by atoms with Gasteiger partial charge in [-0.25, -0.2) is 9.78 Å². The zero-order chi connectivity index (χ0) is 10.8. The molecule has 0 bridgehead atoms. The van der Waals surface area contributed by atoms with Gasteiger partial charge in [0.25, 0.3) is 0 Å². The van der Waals surface area contributed by atoms with E-state index in [2.05, 4.69) is 9.88 Å². The number of pyridine rings is 1. The van der Waals surface area contributed by atoms with Gasteiger partial charge in [-0.1, -0.05) is 6.92 Å². The highest BCUT2D eigenvalue weighted by atomic mass is 16.4. The highest BCUT2D eigenvalue weighted by Gasteiger charge is 2.18. The summed E-state index contributed by atoms with van der Waals surface area (Å²) in [6.45, 7) is 3.95. The fraction of sp³-hybridized carbons (Fsp3) is 0.455. The number of carbonyl (C=O) groups is 1. The number of aromatic carboxylic acids is 1. The van der Waals surface area contributed by atoms with Crippen LogP contribution in [0.5, 0.6) is 0 Å². The van der Waals surface area contributed by atoms with Gasteiger partial charge in [0, 0.05) is 18.8 Å². The minimum absolute atomic E-state index is 0.337. The molecule has 0 spiro atoms. The van der Waals surface area contributed by atoms with Crippen LogP contribution in [0.15, 0.2) is 12.1 Å². The SMILES string of the molecule is CCc1cc(C(=O)O)cc(N2CCC2)n1. The van der Waals surface area contributed by atoms with Crippen molar-refractivity contribution in [3.63, 3.8) is 0 Å². The third-order valence-electron chi connectivity index (χ3n) is 2.65. The van der Waals surface area contributed by atoms with E-state index in [9.17, 15) is 4.79 Å².